The Morgan fingerprint density at radius 1 is 1.07 bits per heavy atom. The van der Waals surface area contributed by atoms with Crippen LogP contribution in [0.1, 0.15) is 0 Å². The number of pyridine rings is 1. The Labute approximate surface area is 163 Å². The van der Waals surface area contributed by atoms with Gasteiger partial charge in [0.2, 0.25) is 5.91 Å². The molecule has 2 aromatic carbocycles. The van der Waals surface area contributed by atoms with Gasteiger partial charge in [-0.3, -0.25) is 19.9 Å². The summed E-state index contributed by atoms with van der Waals surface area (Å²) in [6.45, 7) is -0.292. The van der Waals surface area contributed by atoms with E-state index < -0.39 is 16.9 Å². The largest absolute Gasteiger partial charge is 0.329 e. The van der Waals surface area contributed by atoms with Crippen LogP contribution in [-0.4, -0.2) is 28.4 Å². The molecule has 0 fully saturated rings. The van der Waals surface area contributed by atoms with Crippen molar-refractivity contribution in [3.05, 3.63) is 69.9 Å². The molecular weight excluding hydrogens is 386 g/mol. The van der Waals surface area contributed by atoms with Crippen molar-refractivity contribution in [1.29, 1.82) is 0 Å². The maximum Gasteiger partial charge on any atom is 0.319 e. The number of nitrogens with zero attached hydrogens (tertiary/aromatic N) is 2. The average Bonchev–Trinajstić information content (AvgIpc) is 2.68. The predicted octanol–water partition coefficient (Wildman–Crippen LogP) is 3.56. The van der Waals surface area contributed by atoms with Gasteiger partial charge in [0.05, 0.1) is 33.4 Å². The van der Waals surface area contributed by atoms with Crippen molar-refractivity contribution in [2.75, 3.05) is 17.2 Å². The Bertz CT molecular complexity index is 1070. The first kappa shape index (κ1) is 19.1. The van der Waals surface area contributed by atoms with Crippen LogP contribution in [0.2, 0.25) is 5.02 Å². The molecule has 142 valence electrons. The zero-order valence-electron chi connectivity index (χ0n) is 14.3. The molecule has 0 atom stereocenters. The molecule has 0 bridgehead atoms. The lowest BCUT2D eigenvalue weighted by Crippen LogP contribution is -2.35. The Balaban J connectivity index is 1.57. The molecule has 3 N–H and O–H groups in total. The number of rotatable bonds is 5. The fourth-order valence-corrected chi connectivity index (χ4v) is 2.67. The van der Waals surface area contributed by atoms with Gasteiger partial charge in [-0.1, -0.05) is 29.8 Å². The standard InChI is InChI=1S/C18H14ClN5O4/c19-13-9-12(24(27)28)6-7-14(13)23-18(26)21-10-16(25)22-15-5-1-3-11-4-2-8-20-17(11)15/h1-9H,10H2,(H,22,25)(H2,21,23,26). The summed E-state index contributed by atoms with van der Waals surface area (Å²) in [6, 6.07) is 12.0. The van der Waals surface area contributed by atoms with E-state index in [2.05, 4.69) is 20.9 Å². The lowest BCUT2D eigenvalue weighted by Gasteiger charge is -2.10. The van der Waals surface area contributed by atoms with E-state index >= 15 is 0 Å². The van der Waals surface area contributed by atoms with Crippen molar-refractivity contribution in [3.63, 3.8) is 0 Å². The molecule has 0 radical (unpaired) electrons. The molecule has 10 heteroatoms. The number of hydrogen-bond donors (Lipinski definition) is 3. The number of nitro benzene ring substituents is 1. The van der Waals surface area contributed by atoms with Crippen molar-refractivity contribution < 1.29 is 14.5 Å². The second-order valence-electron chi connectivity index (χ2n) is 5.66. The van der Waals surface area contributed by atoms with Crippen LogP contribution in [0.3, 0.4) is 0 Å². The van der Waals surface area contributed by atoms with Gasteiger partial charge in [-0.25, -0.2) is 4.79 Å². The number of anilines is 2. The van der Waals surface area contributed by atoms with Crippen molar-refractivity contribution in [2.45, 2.75) is 0 Å². The highest BCUT2D eigenvalue weighted by atomic mass is 35.5. The zero-order chi connectivity index (χ0) is 20.1. The van der Waals surface area contributed by atoms with Gasteiger partial charge in [-0.05, 0) is 18.2 Å². The Morgan fingerprint density at radius 3 is 2.61 bits per heavy atom. The van der Waals surface area contributed by atoms with Crippen LogP contribution in [0.25, 0.3) is 10.9 Å². The van der Waals surface area contributed by atoms with Gasteiger partial charge in [-0.15, -0.1) is 0 Å². The van der Waals surface area contributed by atoms with E-state index in [1.54, 1.807) is 24.4 Å². The summed E-state index contributed by atoms with van der Waals surface area (Å²) in [4.78, 5) is 38.4. The lowest BCUT2D eigenvalue weighted by atomic mass is 10.2. The number of benzene rings is 2. The fraction of sp³-hybridized carbons (Fsp3) is 0.0556. The van der Waals surface area contributed by atoms with E-state index in [-0.39, 0.29) is 22.9 Å². The Kier molecular flexibility index (Phi) is 5.66. The number of nitrogens with one attached hydrogen (secondary N) is 3. The molecular formula is C18H14ClN5O4. The first-order chi connectivity index (χ1) is 13.4. The van der Waals surface area contributed by atoms with Crippen LogP contribution in [0.5, 0.6) is 0 Å². The highest BCUT2D eigenvalue weighted by molar-refractivity contribution is 6.33. The third-order valence-corrected chi connectivity index (χ3v) is 4.04. The minimum Gasteiger partial charge on any atom is -0.329 e. The molecule has 1 heterocycles. The number of non-ortho nitro benzene ring substituents is 1. The number of nitro groups is 1. The smallest absolute Gasteiger partial charge is 0.319 e. The summed E-state index contributed by atoms with van der Waals surface area (Å²) in [5, 5.41) is 19.1. The van der Waals surface area contributed by atoms with Gasteiger partial charge >= 0.3 is 6.03 Å². The summed E-state index contributed by atoms with van der Waals surface area (Å²) < 4.78 is 0. The van der Waals surface area contributed by atoms with Gasteiger partial charge in [0.25, 0.3) is 5.69 Å². The number of fused-ring (bicyclic) bond motifs is 1. The van der Waals surface area contributed by atoms with Gasteiger partial charge in [0, 0.05) is 23.7 Å². The molecule has 1 aromatic heterocycles. The van der Waals surface area contributed by atoms with Gasteiger partial charge in [-0.2, -0.15) is 0 Å². The van der Waals surface area contributed by atoms with Crippen LogP contribution in [0.15, 0.2) is 54.7 Å². The summed E-state index contributed by atoms with van der Waals surface area (Å²) in [5.41, 5.74) is 1.16. The second kappa shape index (κ2) is 8.31. The van der Waals surface area contributed by atoms with Gasteiger partial charge < -0.3 is 16.0 Å². The van der Waals surface area contributed by atoms with Crippen molar-refractivity contribution in [2.24, 2.45) is 0 Å². The SMILES string of the molecule is O=C(CNC(=O)Nc1ccc([N+](=O)[O-])cc1Cl)Nc1cccc2cccnc12. The van der Waals surface area contributed by atoms with Crippen molar-refractivity contribution >= 4 is 51.5 Å². The molecule has 0 aliphatic heterocycles. The number of carbonyl (C=O) groups excluding carboxylic acids is 2. The summed E-state index contributed by atoms with van der Waals surface area (Å²) in [6.07, 6.45) is 1.62. The van der Waals surface area contributed by atoms with E-state index in [4.69, 9.17) is 11.6 Å². The number of halogens is 1. The van der Waals surface area contributed by atoms with Crippen molar-refractivity contribution in [3.8, 4) is 0 Å². The Morgan fingerprint density at radius 2 is 1.86 bits per heavy atom. The molecule has 9 nitrogen and oxygen atoms in total. The monoisotopic (exact) mass is 399 g/mol. The van der Waals surface area contributed by atoms with Crippen LogP contribution in [0, 0.1) is 10.1 Å². The van der Waals surface area contributed by atoms with E-state index in [9.17, 15) is 19.7 Å². The molecule has 0 unspecified atom stereocenters. The highest BCUT2D eigenvalue weighted by Gasteiger charge is 2.12. The number of amides is 3. The second-order valence-corrected chi connectivity index (χ2v) is 6.07. The van der Waals surface area contributed by atoms with E-state index in [1.807, 2.05) is 12.1 Å². The first-order valence-corrected chi connectivity index (χ1v) is 8.44. The number of hydrogen-bond acceptors (Lipinski definition) is 5. The zero-order valence-corrected chi connectivity index (χ0v) is 15.1. The molecule has 28 heavy (non-hydrogen) atoms. The molecule has 0 saturated carbocycles. The van der Waals surface area contributed by atoms with Gasteiger partial charge in [0.1, 0.15) is 0 Å². The van der Waals surface area contributed by atoms with E-state index in [0.717, 1.165) is 11.5 Å². The van der Waals surface area contributed by atoms with Crippen LogP contribution in [-0.2, 0) is 4.79 Å². The molecule has 0 aliphatic rings. The fourth-order valence-electron chi connectivity index (χ4n) is 2.45. The normalized spacial score (nSPS) is 10.3. The third-order valence-electron chi connectivity index (χ3n) is 3.73. The minimum atomic E-state index is -0.679. The molecule has 0 saturated heterocycles. The molecule has 0 aliphatic carbocycles. The maximum absolute atomic E-state index is 12.1. The highest BCUT2D eigenvalue weighted by Crippen LogP contribution is 2.26. The molecule has 3 amide bonds. The van der Waals surface area contributed by atoms with Crippen LogP contribution in [0.4, 0.5) is 21.9 Å². The summed E-state index contributed by atoms with van der Waals surface area (Å²) >= 11 is 5.91. The number of urea groups is 1. The van der Waals surface area contributed by atoms with Crippen LogP contribution >= 0.6 is 11.6 Å². The summed E-state index contributed by atoms with van der Waals surface area (Å²) in [5.74, 6) is -0.442. The maximum atomic E-state index is 12.1. The number of para-hydroxylation sites is 1. The van der Waals surface area contributed by atoms with Gasteiger partial charge in [0.15, 0.2) is 0 Å². The minimum absolute atomic E-state index is 0.00984. The topological polar surface area (TPSA) is 126 Å². The lowest BCUT2D eigenvalue weighted by molar-refractivity contribution is -0.384. The molecule has 3 aromatic rings. The first-order valence-electron chi connectivity index (χ1n) is 8.06. The molecule has 3 rings (SSSR count). The molecule has 0 spiro atoms. The van der Waals surface area contributed by atoms with E-state index in [0.29, 0.717) is 11.2 Å². The van der Waals surface area contributed by atoms with E-state index in [1.165, 1.54) is 12.1 Å². The van der Waals surface area contributed by atoms with Crippen LogP contribution < -0.4 is 16.0 Å². The third kappa shape index (κ3) is 4.51. The van der Waals surface area contributed by atoms with Crippen molar-refractivity contribution in [1.82, 2.24) is 10.3 Å². The summed E-state index contributed by atoms with van der Waals surface area (Å²) in [7, 11) is 0. The number of aromatic nitrogens is 1. The average molecular weight is 400 g/mol. The Hall–Kier alpha value is -3.72. The quantitative estimate of drug-likeness (QED) is 0.446. The number of carbonyl (C=O) groups is 2. The predicted molar refractivity (Wildman–Crippen MR) is 106 cm³/mol.